The molecule has 0 saturated heterocycles. The average molecular weight is 347 g/mol. The second-order valence-corrected chi connectivity index (χ2v) is 6.54. The van der Waals surface area contributed by atoms with Gasteiger partial charge in [-0.1, -0.05) is 70.9 Å². The molecule has 0 saturated carbocycles. The summed E-state index contributed by atoms with van der Waals surface area (Å²) in [6.45, 7) is 4.44. The van der Waals surface area contributed by atoms with Crippen LogP contribution in [0.3, 0.4) is 0 Å². The molecule has 23 heavy (non-hydrogen) atoms. The number of thiol groups is 1. The smallest absolute Gasteiger partial charge is 0.291 e. The standard InChI is InChI=1S/C19H38O3S/c1-6-8-9-10-11-12-15-18(14-7-2,16-13-17-23)19(20-3,21-4)22-5/h13,16,23H,6-12,14-15,17H2,1-5H3. The number of methoxy groups -OCH3 is 3. The number of ether oxygens (including phenoxy) is 3. The summed E-state index contributed by atoms with van der Waals surface area (Å²) in [4.78, 5) is 0. The van der Waals surface area contributed by atoms with Crippen molar-refractivity contribution in [3.8, 4) is 0 Å². The highest BCUT2D eigenvalue weighted by Crippen LogP contribution is 2.46. The van der Waals surface area contributed by atoms with Gasteiger partial charge in [0.2, 0.25) is 0 Å². The van der Waals surface area contributed by atoms with Crippen molar-refractivity contribution in [1.29, 1.82) is 0 Å². The van der Waals surface area contributed by atoms with Gasteiger partial charge in [-0.15, -0.1) is 0 Å². The molecule has 4 heteroatoms. The Morgan fingerprint density at radius 2 is 1.35 bits per heavy atom. The molecule has 0 aromatic heterocycles. The van der Waals surface area contributed by atoms with E-state index in [2.05, 4.69) is 38.6 Å². The van der Waals surface area contributed by atoms with Crippen molar-refractivity contribution in [3.05, 3.63) is 12.2 Å². The summed E-state index contributed by atoms with van der Waals surface area (Å²) in [7, 11) is 4.98. The van der Waals surface area contributed by atoms with Crippen LogP contribution in [0.5, 0.6) is 0 Å². The van der Waals surface area contributed by atoms with Crippen LogP contribution in [-0.2, 0) is 14.2 Å². The SMILES string of the molecule is CCCCCCCCC(C=CCS)(CCC)C(OC)(OC)OC. The molecule has 1 unspecified atom stereocenters. The second-order valence-electron chi connectivity index (χ2n) is 6.18. The number of hydrogen-bond donors (Lipinski definition) is 1. The third-order valence-electron chi connectivity index (χ3n) is 4.63. The Bertz CT molecular complexity index is 295. The molecule has 0 heterocycles. The molecule has 1 atom stereocenters. The van der Waals surface area contributed by atoms with E-state index in [4.69, 9.17) is 14.2 Å². The van der Waals surface area contributed by atoms with Gasteiger partial charge in [-0.3, -0.25) is 0 Å². The van der Waals surface area contributed by atoms with Gasteiger partial charge in [0.05, 0.1) is 5.41 Å². The Labute approximate surface area is 149 Å². The molecular formula is C19H38O3S. The van der Waals surface area contributed by atoms with Gasteiger partial charge in [0.15, 0.2) is 0 Å². The molecule has 0 aliphatic carbocycles. The third kappa shape index (κ3) is 6.77. The molecule has 0 aliphatic heterocycles. The maximum atomic E-state index is 5.73. The van der Waals surface area contributed by atoms with Gasteiger partial charge in [-0.25, -0.2) is 0 Å². The van der Waals surface area contributed by atoms with Gasteiger partial charge >= 0.3 is 0 Å². The van der Waals surface area contributed by atoms with Crippen LogP contribution in [0, 0.1) is 5.41 Å². The van der Waals surface area contributed by atoms with Crippen LogP contribution in [0.1, 0.15) is 71.6 Å². The Kier molecular flexibility index (Phi) is 13.3. The lowest BCUT2D eigenvalue weighted by molar-refractivity contribution is -0.399. The van der Waals surface area contributed by atoms with E-state index in [-0.39, 0.29) is 5.41 Å². The van der Waals surface area contributed by atoms with Crippen LogP contribution in [0.4, 0.5) is 0 Å². The van der Waals surface area contributed by atoms with Crippen LogP contribution in [0.2, 0.25) is 0 Å². The van der Waals surface area contributed by atoms with Crippen LogP contribution < -0.4 is 0 Å². The molecule has 0 fully saturated rings. The Morgan fingerprint density at radius 1 is 0.783 bits per heavy atom. The van der Waals surface area contributed by atoms with E-state index in [1.54, 1.807) is 21.3 Å². The molecule has 0 spiro atoms. The normalized spacial score (nSPS) is 15.2. The van der Waals surface area contributed by atoms with E-state index in [1.807, 2.05) is 0 Å². The van der Waals surface area contributed by atoms with Gasteiger partial charge in [0, 0.05) is 27.1 Å². The van der Waals surface area contributed by atoms with Gasteiger partial charge < -0.3 is 14.2 Å². The van der Waals surface area contributed by atoms with Crippen LogP contribution in [0.25, 0.3) is 0 Å². The fourth-order valence-electron chi connectivity index (χ4n) is 3.50. The fraction of sp³-hybridized carbons (Fsp3) is 0.895. The van der Waals surface area contributed by atoms with Crippen LogP contribution in [0.15, 0.2) is 12.2 Å². The summed E-state index contributed by atoms with van der Waals surface area (Å²) >= 11 is 4.32. The van der Waals surface area contributed by atoms with Crippen LogP contribution >= 0.6 is 12.6 Å². The number of hydrogen-bond acceptors (Lipinski definition) is 4. The molecule has 0 N–H and O–H groups in total. The van der Waals surface area contributed by atoms with Crippen molar-refractivity contribution in [2.24, 2.45) is 5.41 Å². The molecule has 3 nitrogen and oxygen atoms in total. The molecule has 0 radical (unpaired) electrons. The van der Waals surface area contributed by atoms with Crippen molar-refractivity contribution >= 4 is 12.6 Å². The Morgan fingerprint density at radius 3 is 1.83 bits per heavy atom. The van der Waals surface area contributed by atoms with Crippen molar-refractivity contribution in [2.45, 2.75) is 77.6 Å². The maximum Gasteiger partial charge on any atom is 0.291 e. The topological polar surface area (TPSA) is 27.7 Å². The minimum absolute atomic E-state index is 0.284. The first-order valence-electron chi connectivity index (χ1n) is 9.05. The quantitative estimate of drug-likeness (QED) is 0.181. The lowest BCUT2D eigenvalue weighted by atomic mass is 9.75. The fourth-order valence-corrected chi connectivity index (χ4v) is 3.61. The second kappa shape index (κ2) is 13.3. The van der Waals surface area contributed by atoms with E-state index < -0.39 is 5.97 Å². The first-order chi connectivity index (χ1) is 11.1. The lowest BCUT2D eigenvalue weighted by Gasteiger charge is -2.45. The van der Waals surface area contributed by atoms with Gasteiger partial charge in [-0.2, -0.15) is 12.6 Å². The maximum absolute atomic E-state index is 5.73. The Balaban J connectivity index is 5.13. The highest BCUT2D eigenvalue weighted by Gasteiger charge is 2.51. The first kappa shape index (κ1) is 23.0. The van der Waals surface area contributed by atoms with Gasteiger partial charge in [0.1, 0.15) is 0 Å². The predicted octanol–water partition coefficient (Wildman–Crippen LogP) is 5.60. The summed E-state index contributed by atoms with van der Waals surface area (Å²) in [6.07, 6.45) is 14.9. The molecule has 0 bridgehead atoms. The largest absolute Gasteiger partial charge is 0.330 e. The highest BCUT2D eigenvalue weighted by atomic mass is 32.1. The molecule has 0 aromatic rings. The molecule has 0 rings (SSSR count). The molecular weight excluding hydrogens is 308 g/mol. The zero-order chi connectivity index (χ0) is 17.6. The summed E-state index contributed by atoms with van der Waals surface area (Å²) in [5, 5.41) is 0. The van der Waals surface area contributed by atoms with E-state index in [9.17, 15) is 0 Å². The molecule has 0 aromatic carbocycles. The van der Waals surface area contributed by atoms with Gasteiger partial charge in [0.25, 0.3) is 5.97 Å². The highest BCUT2D eigenvalue weighted by molar-refractivity contribution is 7.80. The Hall–Kier alpha value is -0.0300. The summed E-state index contributed by atoms with van der Waals surface area (Å²) in [5.74, 6) is -0.332. The molecule has 138 valence electrons. The van der Waals surface area contributed by atoms with E-state index in [0.29, 0.717) is 5.75 Å². The third-order valence-corrected chi connectivity index (χ3v) is 4.84. The van der Waals surface area contributed by atoms with Crippen LogP contribution in [-0.4, -0.2) is 33.1 Å². The summed E-state index contributed by atoms with van der Waals surface area (Å²) < 4.78 is 17.2. The minimum Gasteiger partial charge on any atom is -0.330 e. The van der Waals surface area contributed by atoms with Crippen molar-refractivity contribution in [3.63, 3.8) is 0 Å². The molecule has 0 aliphatic rings. The molecule has 0 amide bonds. The predicted molar refractivity (Wildman–Crippen MR) is 102 cm³/mol. The van der Waals surface area contributed by atoms with E-state index >= 15 is 0 Å². The first-order valence-corrected chi connectivity index (χ1v) is 9.69. The number of unbranched alkanes of at least 4 members (excludes halogenated alkanes) is 5. The lowest BCUT2D eigenvalue weighted by Crippen LogP contribution is -2.52. The van der Waals surface area contributed by atoms with E-state index in [1.165, 1.54) is 32.1 Å². The number of rotatable bonds is 15. The van der Waals surface area contributed by atoms with E-state index in [0.717, 1.165) is 25.7 Å². The summed E-state index contributed by atoms with van der Waals surface area (Å²) in [6, 6.07) is 0. The van der Waals surface area contributed by atoms with Crippen molar-refractivity contribution < 1.29 is 14.2 Å². The van der Waals surface area contributed by atoms with Gasteiger partial charge in [-0.05, 0) is 12.8 Å². The summed E-state index contributed by atoms with van der Waals surface area (Å²) in [5.41, 5.74) is -0.284. The zero-order valence-corrected chi connectivity index (χ0v) is 16.8. The van der Waals surface area contributed by atoms with Crippen molar-refractivity contribution in [1.82, 2.24) is 0 Å². The van der Waals surface area contributed by atoms with Crippen molar-refractivity contribution in [2.75, 3.05) is 27.1 Å². The zero-order valence-electron chi connectivity index (χ0n) is 15.9. The monoisotopic (exact) mass is 346 g/mol. The average Bonchev–Trinajstić information content (AvgIpc) is 2.58. The minimum atomic E-state index is -1.04.